The Morgan fingerprint density at radius 3 is 2.58 bits per heavy atom. The summed E-state index contributed by atoms with van der Waals surface area (Å²) in [5, 5.41) is 9.26. The number of thiazole rings is 1. The maximum absolute atomic E-state index is 10.9. The van der Waals surface area contributed by atoms with E-state index in [1.165, 1.54) is 12.5 Å². The molecule has 5 heteroatoms. The van der Waals surface area contributed by atoms with Crippen LogP contribution in [0.15, 0.2) is 29.6 Å². The molecule has 0 fully saturated rings. The second kappa shape index (κ2) is 6.45. The fraction of sp³-hybridized carbons (Fsp3) is 0.286. The zero-order valence-corrected chi connectivity index (χ0v) is 11.9. The summed E-state index contributed by atoms with van der Waals surface area (Å²) in [7, 11) is 0. The molecule has 0 radical (unpaired) electrons. The molecule has 1 aromatic carbocycles. The average Bonchev–Trinajstić information content (AvgIpc) is 2.77. The van der Waals surface area contributed by atoms with Gasteiger partial charge in [-0.1, -0.05) is 12.1 Å². The fourth-order valence-electron chi connectivity index (χ4n) is 1.71. The Morgan fingerprint density at radius 1 is 1.26 bits per heavy atom. The number of nitrogens with zero attached hydrogens (tertiary/aromatic N) is 1. The van der Waals surface area contributed by atoms with Gasteiger partial charge in [0.15, 0.2) is 0 Å². The molecule has 0 aliphatic carbocycles. The Balaban J connectivity index is 1.81. The van der Waals surface area contributed by atoms with Gasteiger partial charge in [-0.25, -0.2) is 4.98 Å². The Hall–Kier alpha value is -1.72. The van der Waals surface area contributed by atoms with Crippen molar-refractivity contribution in [2.75, 3.05) is 5.32 Å². The monoisotopic (exact) mass is 275 g/mol. The van der Waals surface area contributed by atoms with Crippen molar-refractivity contribution in [3.8, 4) is 0 Å². The van der Waals surface area contributed by atoms with E-state index in [1.54, 1.807) is 11.3 Å². The molecule has 2 aromatic rings. The Labute approximate surface area is 116 Å². The van der Waals surface area contributed by atoms with Gasteiger partial charge >= 0.3 is 0 Å². The predicted octanol–water partition coefficient (Wildman–Crippen LogP) is 2.70. The summed E-state index contributed by atoms with van der Waals surface area (Å²) < 4.78 is 0. The van der Waals surface area contributed by atoms with Gasteiger partial charge in [-0.3, -0.25) is 4.79 Å². The number of aryl methyl sites for hydroxylation is 1. The van der Waals surface area contributed by atoms with E-state index >= 15 is 0 Å². The zero-order chi connectivity index (χ0) is 13.7. The van der Waals surface area contributed by atoms with Crippen LogP contribution in [0.5, 0.6) is 0 Å². The van der Waals surface area contributed by atoms with Gasteiger partial charge in [-0.2, -0.15) is 0 Å². The number of nitrogens with one attached hydrogen (secondary N) is 2. The summed E-state index contributed by atoms with van der Waals surface area (Å²) in [5.74, 6) is -0.0509. The van der Waals surface area contributed by atoms with E-state index in [2.05, 4.69) is 21.0 Å². The van der Waals surface area contributed by atoms with Gasteiger partial charge in [0.1, 0.15) is 5.01 Å². The lowest BCUT2D eigenvalue weighted by Gasteiger charge is -2.05. The van der Waals surface area contributed by atoms with E-state index in [9.17, 15) is 4.79 Å². The molecule has 4 nitrogen and oxygen atoms in total. The van der Waals surface area contributed by atoms with Gasteiger partial charge in [0.25, 0.3) is 0 Å². The van der Waals surface area contributed by atoms with Crippen LogP contribution in [0, 0.1) is 6.92 Å². The maximum Gasteiger partial charge on any atom is 0.221 e. The standard InChI is InChI=1S/C14H17N3OS/c1-10-9-19-14(16-10)8-15-7-12-3-5-13(6-4-12)17-11(2)18/h3-6,9,15H,7-8H2,1-2H3,(H,17,18). The zero-order valence-electron chi connectivity index (χ0n) is 11.1. The highest BCUT2D eigenvalue weighted by molar-refractivity contribution is 7.09. The van der Waals surface area contributed by atoms with Crippen molar-refractivity contribution in [2.45, 2.75) is 26.9 Å². The summed E-state index contributed by atoms with van der Waals surface area (Å²) in [6.45, 7) is 5.08. The van der Waals surface area contributed by atoms with Crippen LogP contribution in [0.3, 0.4) is 0 Å². The molecule has 0 aliphatic rings. The first-order valence-corrected chi connectivity index (χ1v) is 7.00. The lowest BCUT2D eigenvalue weighted by Crippen LogP contribution is -2.12. The van der Waals surface area contributed by atoms with Crippen LogP contribution < -0.4 is 10.6 Å². The topological polar surface area (TPSA) is 54.0 Å². The van der Waals surface area contributed by atoms with Gasteiger partial charge in [-0.15, -0.1) is 11.3 Å². The van der Waals surface area contributed by atoms with Crippen LogP contribution in [0.25, 0.3) is 0 Å². The minimum Gasteiger partial charge on any atom is -0.326 e. The van der Waals surface area contributed by atoms with Crippen molar-refractivity contribution in [3.63, 3.8) is 0 Å². The quantitative estimate of drug-likeness (QED) is 0.882. The molecule has 0 aliphatic heterocycles. The van der Waals surface area contributed by atoms with Gasteiger partial charge in [0.05, 0.1) is 0 Å². The van der Waals surface area contributed by atoms with Gasteiger partial charge in [0, 0.05) is 36.8 Å². The third kappa shape index (κ3) is 4.46. The Bertz CT molecular complexity index is 548. The summed E-state index contributed by atoms with van der Waals surface area (Å²) in [6, 6.07) is 7.83. The van der Waals surface area contributed by atoms with Crippen LogP contribution in [-0.4, -0.2) is 10.9 Å². The first kappa shape index (κ1) is 13.7. The summed E-state index contributed by atoms with van der Waals surface area (Å²) in [6.07, 6.45) is 0. The van der Waals surface area contributed by atoms with Gasteiger partial charge in [0.2, 0.25) is 5.91 Å². The molecule has 0 saturated carbocycles. The van der Waals surface area contributed by atoms with Crippen molar-refractivity contribution < 1.29 is 4.79 Å². The van der Waals surface area contributed by atoms with E-state index in [1.807, 2.05) is 31.2 Å². The van der Waals surface area contributed by atoms with Gasteiger partial charge < -0.3 is 10.6 Å². The summed E-state index contributed by atoms with van der Waals surface area (Å²) in [5.41, 5.74) is 3.08. The Morgan fingerprint density at radius 2 is 2.00 bits per heavy atom. The van der Waals surface area contributed by atoms with E-state index in [-0.39, 0.29) is 5.91 Å². The van der Waals surface area contributed by atoms with Crippen molar-refractivity contribution in [2.24, 2.45) is 0 Å². The molecular formula is C14H17N3OS. The lowest BCUT2D eigenvalue weighted by atomic mass is 10.2. The van der Waals surface area contributed by atoms with Crippen molar-refractivity contribution in [1.82, 2.24) is 10.3 Å². The third-order valence-corrected chi connectivity index (χ3v) is 3.51. The first-order chi connectivity index (χ1) is 9.13. The molecule has 2 N–H and O–H groups in total. The van der Waals surface area contributed by atoms with Crippen molar-refractivity contribution in [3.05, 3.63) is 45.9 Å². The van der Waals surface area contributed by atoms with E-state index in [0.29, 0.717) is 0 Å². The molecule has 0 bridgehead atoms. The Kier molecular flexibility index (Phi) is 4.65. The number of hydrogen-bond donors (Lipinski definition) is 2. The summed E-state index contributed by atoms with van der Waals surface area (Å²) >= 11 is 1.67. The van der Waals surface area contributed by atoms with Crippen molar-refractivity contribution >= 4 is 22.9 Å². The van der Waals surface area contributed by atoms with Crippen LogP contribution in [0.4, 0.5) is 5.69 Å². The minimum absolute atomic E-state index is 0.0509. The molecule has 1 heterocycles. The highest BCUT2D eigenvalue weighted by atomic mass is 32.1. The van der Waals surface area contributed by atoms with Crippen molar-refractivity contribution in [1.29, 1.82) is 0 Å². The van der Waals surface area contributed by atoms with Gasteiger partial charge in [-0.05, 0) is 24.6 Å². The van der Waals surface area contributed by atoms with Crippen LogP contribution in [0.2, 0.25) is 0 Å². The smallest absolute Gasteiger partial charge is 0.221 e. The van der Waals surface area contributed by atoms with Crippen LogP contribution in [-0.2, 0) is 17.9 Å². The lowest BCUT2D eigenvalue weighted by molar-refractivity contribution is -0.114. The number of carbonyl (C=O) groups excluding carboxylic acids is 1. The SMILES string of the molecule is CC(=O)Nc1ccc(CNCc2nc(C)cs2)cc1. The van der Waals surface area contributed by atoms with E-state index < -0.39 is 0 Å². The number of aromatic nitrogens is 1. The van der Waals surface area contributed by atoms with E-state index in [0.717, 1.165) is 29.5 Å². The average molecular weight is 275 g/mol. The molecule has 1 aromatic heterocycles. The fourth-order valence-corrected chi connectivity index (χ4v) is 2.45. The number of rotatable bonds is 5. The minimum atomic E-state index is -0.0509. The molecule has 19 heavy (non-hydrogen) atoms. The molecule has 0 atom stereocenters. The maximum atomic E-state index is 10.9. The molecule has 0 unspecified atom stereocenters. The summed E-state index contributed by atoms with van der Waals surface area (Å²) in [4.78, 5) is 15.3. The largest absolute Gasteiger partial charge is 0.326 e. The molecule has 1 amide bonds. The van der Waals surface area contributed by atoms with E-state index in [4.69, 9.17) is 0 Å². The molecular weight excluding hydrogens is 258 g/mol. The van der Waals surface area contributed by atoms with Crippen LogP contribution in [0.1, 0.15) is 23.2 Å². The van der Waals surface area contributed by atoms with Crippen LogP contribution >= 0.6 is 11.3 Å². The number of carbonyl (C=O) groups is 1. The number of anilines is 1. The predicted molar refractivity (Wildman–Crippen MR) is 78.1 cm³/mol. The molecule has 0 saturated heterocycles. The third-order valence-electron chi connectivity index (χ3n) is 2.55. The number of benzene rings is 1. The molecule has 2 rings (SSSR count). The second-order valence-electron chi connectivity index (χ2n) is 4.36. The second-order valence-corrected chi connectivity index (χ2v) is 5.31. The first-order valence-electron chi connectivity index (χ1n) is 6.12. The number of hydrogen-bond acceptors (Lipinski definition) is 4. The highest BCUT2D eigenvalue weighted by Crippen LogP contribution is 2.11. The molecule has 100 valence electrons. The number of amides is 1. The normalized spacial score (nSPS) is 10.4. The highest BCUT2D eigenvalue weighted by Gasteiger charge is 1.99. The molecule has 0 spiro atoms.